The number of amides is 2. The fraction of sp³-hybridized carbons (Fsp3) is 0.357. The van der Waals surface area contributed by atoms with Crippen molar-refractivity contribution in [1.82, 2.24) is 10.6 Å². The molecule has 1 aromatic rings. The van der Waals surface area contributed by atoms with Gasteiger partial charge < -0.3 is 15.4 Å². The summed E-state index contributed by atoms with van der Waals surface area (Å²) in [7, 11) is 0. The lowest BCUT2D eigenvalue weighted by molar-refractivity contribution is -0.143. The normalized spacial score (nSPS) is 9.81. The van der Waals surface area contributed by atoms with E-state index in [1.165, 1.54) is 0 Å². The van der Waals surface area contributed by atoms with E-state index in [0.29, 0.717) is 17.2 Å². The number of carbonyl (C=O) groups is 3. The maximum atomic E-state index is 11.8. The van der Waals surface area contributed by atoms with Crippen LogP contribution in [0.5, 0.6) is 0 Å². The van der Waals surface area contributed by atoms with Gasteiger partial charge in [-0.05, 0) is 19.1 Å². The molecule has 0 aliphatic carbocycles. The zero-order valence-corrected chi connectivity index (χ0v) is 12.4. The highest BCUT2D eigenvalue weighted by Gasteiger charge is 2.11. The molecule has 0 atom stereocenters. The van der Waals surface area contributed by atoms with E-state index in [2.05, 4.69) is 10.6 Å². The molecule has 2 amide bonds. The van der Waals surface area contributed by atoms with Gasteiger partial charge in [-0.15, -0.1) is 0 Å². The number of halogens is 1. The summed E-state index contributed by atoms with van der Waals surface area (Å²) in [5.74, 6) is -1.20. The van der Waals surface area contributed by atoms with Gasteiger partial charge >= 0.3 is 5.97 Å². The molecule has 0 spiro atoms. The summed E-state index contributed by atoms with van der Waals surface area (Å²) in [6.45, 7) is 1.99. The van der Waals surface area contributed by atoms with Gasteiger partial charge in [0.1, 0.15) is 0 Å². The smallest absolute Gasteiger partial charge is 0.307 e. The van der Waals surface area contributed by atoms with Gasteiger partial charge in [0.25, 0.3) is 5.91 Å². The van der Waals surface area contributed by atoms with Crippen LogP contribution in [-0.4, -0.2) is 37.5 Å². The molecule has 0 unspecified atom stereocenters. The Kier molecular flexibility index (Phi) is 7.25. The van der Waals surface area contributed by atoms with Crippen molar-refractivity contribution in [2.24, 2.45) is 0 Å². The zero-order chi connectivity index (χ0) is 15.7. The number of hydrogen-bond donors (Lipinski definition) is 2. The number of carbonyl (C=O) groups excluding carboxylic acids is 3. The third kappa shape index (κ3) is 6.27. The van der Waals surface area contributed by atoms with E-state index < -0.39 is 5.91 Å². The van der Waals surface area contributed by atoms with E-state index in [4.69, 9.17) is 16.3 Å². The Morgan fingerprint density at radius 1 is 1.19 bits per heavy atom. The fourth-order valence-electron chi connectivity index (χ4n) is 1.50. The first-order valence-electron chi connectivity index (χ1n) is 6.49. The summed E-state index contributed by atoms with van der Waals surface area (Å²) in [6.07, 6.45) is 0.0953. The van der Waals surface area contributed by atoms with Crippen molar-refractivity contribution in [3.8, 4) is 0 Å². The van der Waals surface area contributed by atoms with Gasteiger partial charge in [0.2, 0.25) is 5.91 Å². The van der Waals surface area contributed by atoms with E-state index >= 15 is 0 Å². The highest BCUT2D eigenvalue weighted by atomic mass is 35.5. The minimum absolute atomic E-state index is 0.0953. The van der Waals surface area contributed by atoms with Gasteiger partial charge in [-0.2, -0.15) is 0 Å². The third-order valence-corrected chi connectivity index (χ3v) is 2.81. The van der Waals surface area contributed by atoms with E-state index in [1.807, 2.05) is 0 Å². The molecule has 1 aromatic carbocycles. The molecule has 0 saturated heterocycles. The molecule has 0 fully saturated rings. The van der Waals surface area contributed by atoms with E-state index in [1.54, 1.807) is 31.2 Å². The highest BCUT2D eigenvalue weighted by Crippen LogP contribution is 2.14. The third-order valence-electron chi connectivity index (χ3n) is 2.48. The van der Waals surface area contributed by atoms with Crippen molar-refractivity contribution in [2.45, 2.75) is 13.3 Å². The number of rotatable bonds is 7. The van der Waals surface area contributed by atoms with Crippen LogP contribution in [-0.2, 0) is 14.3 Å². The van der Waals surface area contributed by atoms with Crippen LogP contribution in [0.15, 0.2) is 24.3 Å². The van der Waals surface area contributed by atoms with Gasteiger partial charge in [-0.3, -0.25) is 14.4 Å². The van der Waals surface area contributed by atoms with Crippen LogP contribution in [0.1, 0.15) is 23.7 Å². The fourth-order valence-corrected chi connectivity index (χ4v) is 1.72. The Hall–Kier alpha value is -2.08. The number of nitrogens with one attached hydrogen (secondary N) is 2. The molecule has 0 aliphatic heterocycles. The Balaban J connectivity index is 2.29. The first-order valence-corrected chi connectivity index (χ1v) is 6.87. The number of benzene rings is 1. The minimum Gasteiger partial charge on any atom is -0.466 e. The summed E-state index contributed by atoms with van der Waals surface area (Å²) < 4.78 is 4.72. The molecule has 0 saturated carbocycles. The molecule has 0 radical (unpaired) electrons. The Labute approximate surface area is 127 Å². The van der Waals surface area contributed by atoms with Gasteiger partial charge in [0, 0.05) is 6.54 Å². The SMILES string of the molecule is CCOC(=O)CCNC(=O)CNC(=O)c1ccccc1Cl. The number of ether oxygens (including phenoxy) is 1. The second-order valence-corrected chi connectivity index (χ2v) is 4.47. The minimum atomic E-state index is -0.429. The molecule has 7 heteroatoms. The summed E-state index contributed by atoms with van der Waals surface area (Å²) in [5, 5.41) is 5.27. The van der Waals surface area contributed by atoms with E-state index in [-0.39, 0.29) is 31.4 Å². The largest absolute Gasteiger partial charge is 0.466 e. The molecular formula is C14H17ClN2O4. The van der Waals surface area contributed by atoms with Crippen molar-refractivity contribution in [2.75, 3.05) is 19.7 Å². The van der Waals surface area contributed by atoms with Crippen LogP contribution in [0.3, 0.4) is 0 Å². The van der Waals surface area contributed by atoms with Crippen LogP contribution in [0.2, 0.25) is 5.02 Å². The van der Waals surface area contributed by atoms with Gasteiger partial charge in [-0.1, -0.05) is 23.7 Å². The summed E-state index contributed by atoms with van der Waals surface area (Å²) in [6, 6.07) is 6.55. The van der Waals surface area contributed by atoms with Crippen LogP contribution >= 0.6 is 11.6 Å². The molecule has 0 aliphatic rings. The predicted octanol–water partition coefficient (Wildman–Crippen LogP) is 1.14. The van der Waals surface area contributed by atoms with Crippen LogP contribution < -0.4 is 10.6 Å². The summed E-state index contributed by atoms with van der Waals surface area (Å²) in [5.41, 5.74) is 0.304. The molecule has 6 nitrogen and oxygen atoms in total. The molecular weight excluding hydrogens is 296 g/mol. The molecule has 21 heavy (non-hydrogen) atoms. The molecule has 114 valence electrons. The number of esters is 1. The van der Waals surface area contributed by atoms with Crippen LogP contribution in [0, 0.1) is 0 Å². The van der Waals surface area contributed by atoms with Gasteiger partial charge in [0.05, 0.1) is 30.2 Å². The average Bonchev–Trinajstić information content (AvgIpc) is 2.45. The Morgan fingerprint density at radius 2 is 1.90 bits per heavy atom. The lowest BCUT2D eigenvalue weighted by Crippen LogP contribution is -2.37. The van der Waals surface area contributed by atoms with Crippen molar-refractivity contribution in [3.05, 3.63) is 34.9 Å². The van der Waals surface area contributed by atoms with E-state index in [9.17, 15) is 14.4 Å². The maximum Gasteiger partial charge on any atom is 0.307 e. The van der Waals surface area contributed by atoms with Crippen molar-refractivity contribution in [3.63, 3.8) is 0 Å². The first-order chi connectivity index (χ1) is 10.0. The summed E-state index contributed by atoms with van der Waals surface area (Å²) in [4.78, 5) is 34.3. The van der Waals surface area contributed by atoms with Crippen molar-refractivity contribution >= 4 is 29.4 Å². The first kappa shape index (κ1) is 17.0. The molecule has 0 aromatic heterocycles. The predicted molar refractivity (Wildman–Crippen MR) is 78.0 cm³/mol. The standard InChI is InChI=1S/C14H17ClN2O4/c1-2-21-13(19)7-8-16-12(18)9-17-14(20)10-5-3-4-6-11(10)15/h3-6H,2,7-9H2,1H3,(H,16,18)(H,17,20). The summed E-state index contributed by atoms with van der Waals surface area (Å²) >= 11 is 5.87. The van der Waals surface area contributed by atoms with Gasteiger partial charge in [0.15, 0.2) is 0 Å². The lowest BCUT2D eigenvalue weighted by atomic mass is 10.2. The lowest BCUT2D eigenvalue weighted by Gasteiger charge is -2.07. The molecule has 0 heterocycles. The van der Waals surface area contributed by atoms with E-state index in [0.717, 1.165) is 0 Å². The second-order valence-electron chi connectivity index (χ2n) is 4.07. The van der Waals surface area contributed by atoms with Crippen LogP contribution in [0.25, 0.3) is 0 Å². The van der Waals surface area contributed by atoms with Crippen molar-refractivity contribution < 1.29 is 19.1 Å². The average molecular weight is 313 g/mol. The van der Waals surface area contributed by atoms with Crippen LogP contribution in [0.4, 0.5) is 0 Å². The molecule has 2 N–H and O–H groups in total. The molecule has 1 rings (SSSR count). The highest BCUT2D eigenvalue weighted by molar-refractivity contribution is 6.33. The quantitative estimate of drug-likeness (QED) is 0.739. The maximum absolute atomic E-state index is 11.8. The van der Waals surface area contributed by atoms with Crippen molar-refractivity contribution in [1.29, 1.82) is 0 Å². The monoisotopic (exact) mass is 312 g/mol. The van der Waals surface area contributed by atoms with Gasteiger partial charge in [-0.25, -0.2) is 0 Å². The topological polar surface area (TPSA) is 84.5 Å². The Morgan fingerprint density at radius 3 is 2.57 bits per heavy atom. The number of hydrogen-bond acceptors (Lipinski definition) is 4. The Bertz CT molecular complexity index is 519. The second kappa shape index (κ2) is 8.97. The zero-order valence-electron chi connectivity index (χ0n) is 11.6. The molecule has 0 bridgehead atoms.